The van der Waals surface area contributed by atoms with Gasteiger partial charge >= 0.3 is 174 Å². The number of hydrogen-bond donors (Lipinski definition) is 0. The number of hydrogen-bond acceptors (Lipinski definition) is 2. The van der Waals surface area contributed by atoms with Gasteiger partial charge in [-0.3, -0.25) is 0 Å². The Morgan fingerprint density at radius 1 is 0.800 bits per heavy atom. The molecule has 0 nitrogen and oxygen atoms in total. The van der Waals surface area contributed by atoms with Crippen LogP contribution in [0.1, 0.15) is 25.7 Å². The summed E-state index contributed by atoms with van der Waals surface area (Å²) in [7, 11) is 0. The normalized spacial score (nSPS) is 39.3. The molecule has 0 saturated carbocycles. The first-order chi connectivity index (χ1) is 9.69. The van der Waals surface area contributed by atoms with Crippen LogP contribution in [0, 0.1) is 0 Å². The van der Waals surface area contributed by atoms with Gasteiger partial charge < -0.3 is 0 Å². The summed E-state index contributed by atoms with van der Waals surface area (Å²) in [6.45, 7) is 0. The van der Waals surface area contributed by atoms with Crippen molar-refractivity contribution in [3.05, 3.63) is 0 Å². The van der Waals surface area contributed by atoms with Crippen molar-refractivity contribution in [1.29, 1.82) is 0 Å². The van der Waals surface area contributed by atoms with Gasteiger partial charge in [0.2, 0.25) is 0 Å². The Hall–Kier alpha value is 3.32. The van der Waals surface area contributed by atoms with Crippen molar-refractivity contribution in [3.8, 4) is 0 Å². The molecule has 6 unspecified atom stereocenters. The first kappa shape index (κ1) is 18.1. The van der Waals surface area contributed by atoms with Crippen molar-refractivity contribution in [2.24, 2.45) is 0 Å². The molecule has 0 radical (unpaired) electrons. The Labute approximate surface area is 171 Å². The van der Waals surface area contributed by atoms with Gasteiger partial charge in [-0.1, -0.05) is 0 Å². The summed E-state index contributed by atoms with van der Waals surface area (Å²) in [5, 5.41) is 5.43. The topological polar surface area (TPSA) is 0 Å². The molecule has 0 aromatic heterocycles. The van der Waals surface area contributed by atoms with E-state index in [-0.39, 0.29) is 0 Å². The third kappa shape index (κ3) is 7.06. The van der Waals surface area contributed by atoms with Crippen LogP contribution in [0.25, 0.3) is 0 Å². The first-order valence-corrected chi connectivity index (χ1v) is 17.0. The van der Waals surface area contributed by atoms with Crippen LogP contribution < -0.4 is 0 Å². The molecule has 0 aromatic rings. The van der Waals surface area contributed by atoms with E-state index in [1.165, 1.54) is 21.1 Å². The molecule has 6 heteroatoms. The van der Waals surface area contributed by atoms with Gasteiger partial charge in [0.25, 0.3) is 0 Å². The zero-order valence-corrected chi connectivity index (χ0v) is 21.8. The molecule has 3 aliphatic heterocycles. The maximum atomic E-state index is 2.19. The van der Waals surface area contributed by atoms with Crippen molar-refractivity contribution >= 4 is 98.0 Å². The van der Waals surface area contributed by atoms with Crippen LogP contribution >= 0.6 is 23.5 Å². The van der Waals surface area contributed by atoms with E-state index < -0.39 is 0 Å². The van der Waals surface area contributed by atoms with Gasteiger partial charge in [-0.05, 0) is 0 Å². The van der Waals surface area contributed by atoms with Crippen LogP contribution in [0.15, 0.2) is 0 Å². The third-order valence-electron chi connectivity index (χ3n) is 3.98. The summed E-state index contributed by atoms with van der Waals surface area (Å²) < 4.78 is 2.13. The molecule has 3 fully saturated rings. The minimum absolute atomic E-state index is 0.989. The number of rotatable bonds is 8. The molecule has 3 heterocycles. The van der Waals surface area contributed by atoms with Crippen LogP contribution in [-0.2, 0) is 0 Å². The van der Waals surface area contributed by atoms with Gasteiger partial charge in [0.1, 0.15) is 0 Å². The summed E-state index contributed by atoms with van der Waals surface area (Å²) in [6, 6.07) is 0. The molecule has 116 valence electrons. The molecule has 6 atom stereocenters. The Morgan fingerprint density at radius 3 is 1.50 bits per heavy atom. The molecule has 3 aliphatic rings. The van der Waals surface area contributed by atoms with E-state index in [0.717, 1.165) is 48.3 Å². The van der Waals surface area contributed by atoms with Gasteiger partial charge in [-0.15, -0.1) is 0 Å². The molecular weight excluding hydrogens is 645 g/mol. The minimum atomic E-state index is 0.989. The van der Waals surface area contributed by atoms with Crippen LogP contribution in [-0.4, -0.2) is 96.5 Å². The van der Waals surface area contributed by atoms with Crippen molar-refractivity contribution in [1.82, 2.24) is 0 Å². The molecule has 0 amide bonds. The second-order valence-electron chi connectivity index (χ2n) is 6.07. The Bertz CT molecular complexity index is 276. The maximum absolute atomic E-state index is 2.19. The van der Waals surface area contributed by atoms with Crippen LogP contribution in [0.2, 0.25) is 28.2 Å². The third-order valence-corrected chi connectivity index (χ3v) is 16.5. The van der Waals surface area contributed by atoms with E-state index in [2.05, 4.69) is 68.1 Å². The first-order valence-electron chi connectivity index (χ1n) is 7.51. The molecule has 0 N–H and O–H groups in total. The standard InChI is InChI=1S/C14H24S2Se2Te2/c19-13(1-9-5-15-9)3-11-7-18-12(8-17-11)4-14(20)2-10-6-16-10/h9-14,19-20H,1-8H2. The second kappa shape index (κ2) is 9.14. The fraction of sp³-hybridized carbons (Fsp3) is 1.00. The predicted octanol–water partition coefficient (Wildman–Crippen LogP) is 2.99. The average molecular weight is 670 g/mol. The predicted molar refractivity (Wildman–Crippen MR) is 101 cm³/mol. The zero-order chi connectivity index (χ0) is 13.9. The van der Waals surface area contributed by atoms with Crippen molar-refractivity contribution < 1.29 is 0 Å². The quantitative estimate of drug-likeness (QED) is 0.288. The fourth-order valence-electron chi connectivity index (χ4n) is 2.67. The Kier molecular flexibility index (Phi) is 8.28. The molecule has 0 aliphatic carbocycles. The van der Waals surface area contributed by atoms with Gasteiger partial charge in [0.05, 0.1) is 0 Å². The number of thioether (sulfide) groups is 2. The summed E-state index contributed by atoms with van der Waals surface area (Å²) in [5.41, 5.74) is 0. The van der Waals surface area contributed by atoms with E-state index in [1.54, 1.807) is 36.3 Å². The van der Waals surface area contributed by atoms with E-state index in [9.17, 15) is 0 Å². The molecule has 0 aromatic carbocycles. The molecule has 3 saturated heterocycles. The monoisotopic (exact) mass is 676 g/mol. The van der Waals surface area contributed by atoms with Gasteiger partial charge in [0, 0.05) is 0 Å². The van der Waals surface area contributed by atoms with Crippen molar-refractivity contribution in [2.45, 2.75) is 64.4 Å². The van der Waals surface area contributed by atoms with Crippen LogP contribution in [0.3, 0.4) is 0 Å². The van der Waals surface area contributed by atoms with Crippen molar-refractivity contribution in [2.75, 3.05) is 11.5 Å². The van der Waals surface area contributed by atoms with Gasteiger partial charge in [-0.25, -0.2) is 0 Å². The molecule has 0 spiro atoms. The summed E-state index contributed by atoms with van der Waals surface area (Å²) in [5.74, 6) is 2.94. The van der Waals surface area contributed by atoms with Crippen LogP contribution in [0.5, 0.6) is 0 Å². The van der Waals surface area contributed by atoms with E-state index in [4.69, 9.17) is 0 Å². The molecule has 20 heavy (non-hydrogen) atoms. The Morgan fingerprint density at radius 2 is 1.20 bits per heavy atom. The van der Waals surface area contributed by atoms with Crippen molar-refractivity contribution in [3.63, 3.8) is 0 Å². The average Bonchev–Trinajstić information content (AvgIpc) is 3.28. The SMILES string of the molecule is [TeH]C(CC1CS1)CC1C[Se]C(CC([TeH])CC2CS2)C[Se]1. The summed E-state index contributed by atoms with van der Waals surface area (Å²) in [6.07, 6.45) is 6.27. The van der Waals surface area contributed by atoms with Gasteiger partial charge in [-0.2, -0.15) is 0 Å². The van der Waals surface area contributed by atoms with E-state index in [1.807, 2.05) is 0 Å². The fourth-order valence-corrected chi connectivity index (χ4v) is 18.0. The summed E-state index contributed by atoms with van der Waals surface area (Å²) >= 11 is 10.6. The second-order valence-corrected chi connectivity index (χ2v) is 18.5. The summed E-state index contributed by atoms with van der Waals surface area (Å²) in [4.78, 5) is 2.35. The van der Waals surface area contributed by atoms with E-state index >= 15 is 0 Å². The molecule has 3 rings (SSSR count). The zero-order valence-electron chi connectivity index (χ0n) is 11.6. The van der Waals surface area contributed by atoms with E-state index in [0.29, 0.717) is 0 Å². The van der Waals surface area contributed by atoms with Gasteiger partial charge in [0.15, 0.2) is 0 Å². The molecular formula is C14H24S2Se2Te2. The Balaban J connectivity index is 1.29. The molecule has 0 bridgehead atoms. The van der Waals surface area contributed by atoms with Crippen LogP contribution in [0.4, 0.5) is 0 Å².